The first kappa shape index (κ1) is 38.3. The summed E-state index contributed by atoms with van der Waals surface area (Å²) in [5, 5.41) is 4.64. The third-order valence-electron chi connectivity index (χ3n) is 15.7. The summed E-state index contributed by atoms with van der Waals surface area (Å²) < 4.78 is 0. The molecule has 0 spiro atoms. The molecule has 3 aromatic carbocycles. The van der Waals surface area contributed by atoms with E-state index in [0.29, 0.717) is 10.8 Å². The van der Waals surface area contributed by atoms with Crippen molar-refractivity contribution in [2.45, 2.75) is 125 Å². The molecule has 2 heteroatoms. The van der Waals surface area contributed by atoms with Crippen molar-refractivity contribution < 1.29 is 17.0 Å². The van der Waals surface area contributed by atoms with Crippen molar-refractivity contribution in [3.8, 4) is 0 Å². The van der Waals surface area contributed by atoms with Crippen LogP contribution in [0.3, 0.4) is 0 Å². The quantitative estimate of drug-likeness (QED) is 0.162. The van der Waals surface area contributed by atoms with Gasteiger partial charge in [0.1, 0.15) is 23.2 Å². The zero-order valence-electron chi connectivity index (χ0n) is 32.2. The predicted molar refractivity (Wildman–Crippen MR) is 216 cm³/mol. The molecule has 0 bridgehead atoms. The number of benzene rings is 3. The highest BCUT2D eigenvalue weighted by Gasteiger charge is 2.60. The van der Waals surface area contributed by atoms with Crippen LogP contribution in [-0.2, 0) is 0 Å². The molecule has 0 nitrogen and oxygen atoms in total. The maximum Gasteiger partial charge on any atom is 0.112 e. The van der Waals surface area contributed by atoms with Gasteiger partial charge < -0.3 is 17.0 Å². The highest BCUT2D eigenvalue weighted by atomic mass is 79.9. The van der Waals surface area contributed by atoms with E-state index in [2.05, 4.69) is 126 Å². The summed E-state index contributed by atoms with van der Waals surface area (Å²) in [5.41, 5.74) is 1.21. The fourth-order valence-corrected chi connectivity index (χ4v) is 17.5. The molecule has 4 saturated carbocycles. The van der Waals surface area contributed by atoms with Crippen molar-refractivity contribution in [3.63, 3.8) is 0 Å². The van der Waals surface area contributed by atoms with Crippen LogP contribution in [0.25, 0.3) is 0 Å². The molecule has 272 valence electrons. The average Bonchev–Trinajstić information content (AvgIpc) is 3.48. The molecule has 0 radical (unpaired) electrons. The van der Waals surface area contributed by atoms with Gasteiger partial charge in [-0.1, -0.05) is 108 Å². The van der Waals surface area contributed by atoms with E-state index in [9.17, 15) is 0 Å². The van der Waals surface area contributed by atoms with Gasteiger partial charge in [0.2, 0.25) is 0 Å². The summed E-state index contributed by atoms with van der Waals surface area (Å²) in [5.74, 6) is 7.63. The number of hydrogen-bond donors (Lipinski definition) is 0. The average molecular weight is 756 g/mol. The first-order valence-electron chi connectivity index (χ1n) is 20.8. The first-order valence-corrected chi connectivity index (χ1v) is 22.8. The van der Waals surface area contributed by atoms with Crippen LogP contribution in [0.1, 0.15) is 125 Å². The number of hydrogen-bond acceptors (Lipinski definition) is 0. The van der Waals surface area contributed by atoms with E-state index in [4.69, 9.17) is 0 Å². The van der Waals surface area contributed by atoms with Gasteiger partial charge in [0.15, 0.2) is 0 Å². The fraction of sp³-hybridized carbons (Fsp3) is 0.625. The second-order valence-electron chi connectivity index (χ2n) is 18.5. The maximum absolute atomic E-state index is 2.80. The Balaban J connectivity index is 0.00000432. The summed E-state index contributed by atoms with van der Waals surface area (Å²) in [7, 11) is -1.72. The molecule has 0 amide bonds. The van der Waals surface area contributed by atoms with Gasteiger partial charge in [-0.25, -0.2) is 0 Å². The molecule has 7 rings (SSSR count). The molecule has 0 unspecified atom stereocenters. The van der Waals surface area contributed by atoms with Crippen LogP contribution in [0.2, 0.25) is 0 Å². The summed E-state index contributed by atoms with van der Waals surface area (Å²) >= 11 is 0. The number of rotatable bonds is 12. The van der Waals surface area contributed by atoms with Crippen molar-refractivity contribution in [1.29, 1.82) is 0 Å². The van der Waals surface area contributed by atoms with Crippen molar-refractivity contribution >= 4 is 23.2 Å². The van der Waals surface area contributed by atoms with Crippen LogP contribution in [0.15, 0.2) is 91.0 Å². The minimum Gasteiger partial charge on any atom is -1.00 e. The zero-order valence-corrected chi connectivity index (χ0v) is 34.7. The monoisotopic (exact) mass is 754 g/mol. The Hall–Kier alpha value is -1.43. The van der Waals surface area contributed by atoms with Crippen LogP contribution < -0.4 is 32.9 Å². The van der Waals surface area contributed by atoms with Gasteiger partial charge >= 0.3 is 0 Å². The van der Waals surface area contributed by atoms with Gasteiger partial charge in [0, 0.05) is 0 Å². The van der Waals surface area contributed by atoms with Crippen LogP contribution in [0.4, 0.5) is 0 Å². The van der Waals surface area contributed by atoms with Crippen LogP contribution >= 0.6 is 7.26 Å². The molecule has 4 aliphatic rings. The molecule has 4 fully saturated rings. The topological polar surface area (TPSA) is 0 Å². The van der Waals surface area contributed by atoms with Crippen LogP contribution in [0, 0.1) is 58.2 Å². The molecule has 3 aromatic rings. The third-order valence-corrected chi connectivity index (χ3v) is 20.2. The summed E-state index contributed by atoms with van der Waals surface area (Å²) in [4.78, 5) is 0. The molecule has 0 N–H and O–H groups in total. The molecular weight excluding hydrogens is 687 g/mol. The largest absolute Gasteiger partial charge is 1.00 e. The van der Waals surface area contributed by atoms with E-state index in [0.717, 1.165) is 47.3 Å². The smallest absolute Gasteiger partial charge is 0.112 e. The van der Waals surface area contributed by atoms with E-state index in [1.54, 1.807) is 15.9 Å². The second-order valence-corrected chi connectivity index (χ2v) is 22.1. The van der Waals surface area contributed by atoms with Crippen molar-refractivity contribution in [2.24, 2.45) is 58.2 Å². The lowest BCUT2D eigenvalue weighted by molar-refractivity contribution is -0.121. The summed E-state index contributed by atoms with van der Waals surface area (Å²) in [6.45, 7) is 13.0. The van der Waals surface area contributed by atoms with E-state index in [-0.39, 0.29) is 17.0 Å². The fourth-order valence-electron chi connectivity index (χ4n) is 13.1. The second kappa shape index (κ2) is 16.3. The van der Waals surface area contributed by atoms with Crippen LogP contribution in [-0.4, -0.2) is 6.16 Å². The lowest BCUT2D eigenvalue weighted by atomic mass is 9.44. The van der Waals surface area contributed by atoms with Gasteiger partial charge in [-0.15, -0.1) is 0 Å². The summed E-state index contributed by atoms with van der Waals surface area (Å²) in [6.07, 6.45) is 22.0. The standard InChI is InChI=1S/C48H68P.BrH/c1-36(2)17-15-18-37(3)44-28-29-45-43-27-26-39-35-38(30-32-47(39,4)46(43)31-33-48(44,45)5)19-16-34-49(40-20-9-6-10-21-40,41-22-11-7-12-23-41)42-24-13-8-14-25-42;/h6-14,20-25,36-39,43-46H,15-19,26-35H2,1-5H3;1H/q+1;/p-1/t37-,38+,39+,43+,44-,45+,46+,47+,48-;/m1./s1. The molecule has 0 saturated heterocycles. The molecule has 4 aliphatic carbocycles. The van der Waals surface area contributed by atoms with Gasteiger partial charge in [-0.05, 0) is 165 Å². The molecule has 0 aromatic heterocycles. The Bertz CT molecular complexity index is 1370. The third kappa shape index (κ3) is 7.24. The Kier molecular flexibility index (Phi) is 12.5. The Morgan fingerprint density at radius 3 is 1.76 bits per heavy atom. The maximum atomic E-state index is 2.80. The minimum atomic E-state index is -1.72. The van der Waals surface area contributed by atoms with E-state index in [1.165, 1.54) is 96.1 Å². The van der Waals surface area contributed by atoms with Crippen molar-refractivity contribution in [3.05, 3.63) is 91.0 Å². The number of halogens is 1. The van der Waals surface area contributed by atoms with Crippen molar-refractivity contribution in [1.82, 2.24) is 0 Å². The first-order chi connectivity index (χ1) is 23.8. The Morgan fingerprint density at radius 2 is 1.18 bits per heavy atom. The normalized spacial score (nSPS) is 32.8. The van der Waals surface area contributed by atoms with E-state index < -0.39 is 7.26 Å². The Morgan fingerprint density at radius 1 is 0.620 bits per heavy atom. The molecular formula is C48H68BrP. The predicted octanol–water partition coefficient (Wildman–Crippen LogP) is 9.50. The van der Waals surface area contributed by atoms with Gasteiger partial charge in [0.25, 0.3) is 0 Å². The number of fused-ring (bicyclic) bond motifs is 5. The van der Waals surface area contributed by atoms with Gasteiger partial charge in [0.05, 0.1) is 6.16 Å². The van der Waals surface area contributed by atoms with Gasteiger partial charge in [-0.3, -0.25) is 0 Å². The van der Waals surface area contributed by atoms with Crippen molar-refractivity contribution in [2.75, 3.05) is 6.16 Å². The van der Waals surface area contributed by atoms with Gasteiger partial charge in [-0.2, -0.15) is 0 Å². The molecule has 50 heavy (non-hydrogen) atoms. The Labute approximate surface area is 318 Å². The molecule has 0 aliphatic heterocycles. The lowest BCUT2D eigenvalue weighted by Gasteiger charge is -2.61. The summed E-state index contributed by atoms with van der Waals surface area (Å²) in [6, 6.07) is 34.7. The van der Waals surface area contributed by atoms with Crippen LogP contribution in [0.5, 0.6) is 0 Å². The lowest BCUT2D eigenvalue weighted by Crippen LogP contribution is -3.00. The minimum absolute atomic E-state index is 0. The zero-order chi connectivity index (χ0) is 34.1. The highest BCUT2D eigenvalue weighted by molar-refractivity contribution is 7.95. The highest BCUT2D eigenvalue weighted by Crippen LogP contribution is 2.69. The molecule has 0 heterocycles. The van der Waals surface area contributed by atoms with E-state index in [1.807, 2.05) is 0 Å². The molecule has 9 atom stereocenters. The SMILES string of the molecule is CC(C)CCC[C@@H](C)[C@H]1CC[C@H]2[C@@H]3CC[C@H]4C[C@@H](CCC[P+](c5ccccc5)(c5ccccc5)c5ccccc5)CC[C@]4(C)[C@H]3CC[C@]12C.[Br-]. The van der Waals surface area contributed by atoms with E-state index >= 15 is 0 Å².